The molecule has 1 aromatic heterocycles. The van der Waals surface area contributed by atoms with Crippen LogP contribution in [0.2, 0.25) is 0 Å². The molecule has 3 aromatic rings. The molecular weight excluding hydrogens is 292 g/mol. The predicted octanol–water partition coefficient (Wildman–Crippen LogP) is 2.11. The summed E-state index contributed by atoms with van der Waals surface area (Å²) in [7, 11) is 0. The van der Waals surface area contributed by atoms with Gasteiger partial charge in [0.15, 0.2) is 0 Å². The van der Waals surface area contributed by atoms with E-state index in [-0.39, 0.29) is 5.95 Å². The van der Waals surface area contributed by atoms with Crippen LogP contribution in [-0.2, 0) is 0 Å². The number of nitrogen functional groups attached to an aromatic ring is 3. The Morgan fingerprint density at radius 2 is 1.13 bits per heavy atom. The monoisotopic (exact) mass is 308 g/mol. The molecule has 0 saturated heterocycles. The molecule has 0 spiro atoms. The minimum absolute atomic E-state index is 0.0952. The Balaban J connectivity index is 1.84. The quantitative estimate of drug-likeness (QED) is 0.461. The van der Waals surface area contributed by atoms with Gasteiger partial charge in [-0.15, -0.1) is 0 Å². The maximum atomic E-state index is 5.75. The predicted molar refractivity (Wildman–Crippen MR) is 92.5 cm³/mol. The van der Waals surface area contributed by atoms with E-state index in [1.54, 1.807) is 24.3 Å². The number of hydrogen-bond donors (Lipinski definition) is 5. The van der Waals surface area contributed by atoms with Gasteiger partial charge in [0.2, 0.25) is 17.8 Å². The van der Waals surface area contributed by atoms with Crippen molar-refractivity contribution < 1.29 is 0 Å². The zero-order valence-electron chi connectivity index (χ0n) is 12.2. The van der Waals surface area contributed by atoms with E-state index in [1.807, 2.05) is 24.3 Å². The average Bonchev–Trinajstić information content (AvgIpc) is 2.46. The van der Waals surface area contributed by atoms with Crippen LogP contribution in [0.25, 0.3) is 0 Å². The van der Waals surface area contributed by atoms with Crippen LogP contribution in [0.1, 0.15) is 0 Å². The normalized spacial score (nSPS) is 10.3. The molecule has 8 heteroatoms. The highest BCUT2D eigenvalue weighted by molar-refractivity contribution is 5.63. The first-order chi connectivity index (χ1) is 11.1. The molecule has 0 atom stereocenters. The van der Waals surface area contributed by atoms with E-state index in [1.165, 1.54) is 0 Å². The molecule has 1 heterocycles. The second-order valence-electron chi connectivity index (χ2n) is 4.84. The lowest BCUT2D eigenvalue weighted by Crippen LogP contribution is -2.07. The van der Waals surface area contributed by atoms with Gasteiger partial charge in [-0.2, -0.15) is 15.0 Å². The number of nitrogens with one attached hydrogen (secondary N) is 2. The van der Waals surface area contributed by atoms with Crippen molar-refractivity contribution in [3.8, 4) is 0 Å². The van der Waals surface area contributed by atoms with Crippen molar-refractivity contribution in [1.82, 2.24) is 15.0 Å². The Labute approximate surface area is 132 Å². The Morgan fingerprint density at radius 3 is 1.57 bits per heavy atom. The van der Waals surface area contributed by atoms with Gasteiger partial charge >= 0.3 is 0 Å². The smallest absolute Gasteiger partial charge is 0.233 e. The third-order valence-electron chi connectivity index (χ3n) is 2.94. The summed E-state index contributed by atoms with van der Waals surface area (Å²) in [6.45, 7) is 0. The molecule has 0 aliphatic heterocycles. The SMILES string of the molecule is Nc1cccc(Nc2nc(N)nc(Nc3cccc(N)c3)n2)c1. The van der Waals surface area contributed by atoms with Gasteiger partial charge < -0.3 is 27.8 Å². The second kappa shape index (κ2) is 6.06. The number of rotatable bonds is 4. The van der Waals surface area contributed by atoms with Gasteiger partial charge in [0.25, 0.3) is 0 Å². The van der Waals surface area contributed by atoms with Crippen LogP contribution in [0.15, 0.2) is 48.5 Å². The lowest BCUT2D eigenvalue weighted by Gasteiger charge is -2.09. The summed E-state index contributed by atoms with van der Waals surface area (Å²) in [4.78, 5) is 12.4. The highest BCUT2D eigenvalue weighted by Gasteiger charge is 2.06. The molecule has 0 bridgehead atoms. The van der Waals surface area contributed by atoms with Gasteiger partial charge in [-0.25, -0.2) is 0 Å². The van der Waals surface area contributed by atoms with Crippen LogP contribution in [0.4, 0.5) is 40.6 Å². The molecule has 3 rings (SSSR count). The van der Waals surface area contributed by atoms with E-state index in [4.69, 9.17) is 17.2 Å². The fourth-order valence-electron chi connectivity index (χ4n) is 2.00. The van der Waals surface area contributed by atoms with Gasteiger partial charge in [-0.1, -0.05) is 12.1 Å². The summed E-state index contributed by atoms with van der Waals surface area (Å²) >= 11 is 0. The molecule has 0 aliphatic rings. The molecule has 8 N–H and O–H groups in total. The molecule has 0 amide bonds. The van der Waals surface area contributed by atoms with Crippen molar-refractivity contribution in [1.29, 1.82) is 0 Å². The van der Waals surface area contributed by atoms with E-state index in [0.717, 1.165) is 11.4 Å². The highest BCUT2D eigenvalue weighted by atomic mass is 15.2. The van der Waals surface area contributed by atoms with Crippen molar-refractivity contribution in [3.05, 3.63) is 48.5 Å². The van der Waals surface area contributed by atoms with Crippen LogP contribution in [0.5, 0.6) is 0 Å². The van der Waals surface area contributed by atoms with Crippen LogP contribution in [0, 0.1) is 0 Å². The minimum atomic E-state index is 0.0952. The summed E-state index contributed by atoms with van der Waals surface area (Å²) in [5.74, 6) is 0.724. The van der Waals surface area contributed by atoms with E-state index < -0.39 is 0 Å². The molecular formula is C15H16N8. The Kier molecular flexibility index (Phi) is 3.79. The number of benzene rings is 2. The number of nitrogens with zero attached hydrogens (tertiary/aromatic N) is 3. The third kappa shape index (κ3) is 3.76. The second-order valence-corrected chi connectivity index (χ2v) is 4.84. The summed E-state index contributed by atoms with van der Waals surface area (Å²) < 4.78 is 0. The van der Waals surface area contributed by atoms with Crippen LogP contribution >= 0.6 is 0 Å². The minimum Gasteiger partial charge on any atom is -0.399 e. The molecule has 0 aliphatic carbocycles. The molecule has 116 valence electrons. The number of hydrogen-bond acceptors (Lipinski definition) is 8. The van der Waals surface area contributed by atoms with Gasteiger partial charge in [0.05, 0.1) is 0 Å². The van der Waals surface area contributed by atoms with Gasteiger partial charge in [-0.3, -0.25) is 0 Å². The summed E-state index contributed by atoms with van der Waals surface area (Å²) in [6.07, 6.45) is 0. The van der Waals surface area contributed by atoms with E-state index >= 15 is 0 Å². The van der Waals surface area contributed by atoms with E-state index in [9.17, 15) is 0 Å². The molecule has 0 fully saturated rings. The van der Waals surface area contributed by atoms with Crippen LogP contribution in [0.3, 0.4) is 0 Å². The molecule has 23 heavy (non-hydrogen) atoms. The molecule has 8 nitrogen and oxygen atoms in total. The van der Waals surface area contributed by atoms with E-state index in [2.05, 4.69) is 25.6 Å². The molecule has 0 radical (unpaired) electrons. The molecule has 0 unspecified atom stereocenters. The van der Waals surface area contributed by atoms with E-state index in [0.29, 0.717) is 23.3 Å². The maximum Gasteiger partial charge on any atom is 0.233 e. The van der Waals surface area contributed by atoms with Gasteiger partial charge in [0, 0.05) is 22.7 Å². The Morgan fingerprint density at radius 1 is 0.652 bits per heavy atom. The number of nitrogens with two attached hydrogens (primary N) is 3. The first kappa shape index (κ1) is 14.4. The number of aromatic nitrogens is 3. The lowest BCUT2D eigenvalue weighted by molar-refractivity contribution is 1.07. The molecule has 0 saturated carbocycles. The highest BCUT2D eigenvalue weighted by Crippen LogP contribution is 2.20. The topological polar surface area (TPSA) is 141 Å². The lowest BCUT2D eigenvalue weighted by atomic mass is 10.3. The molecule has 2 aromatic carbocycles. The Bertz CT molecular complexity index is 767. The summed E-state index contributed by atoms with van der Waals surface area (Å²) in [5, 5.41) is 6.07. The van der Waals surface area contributed by atoms with Gasteiger partial charge in [-0.05, 0) is 36.4 Å². The van der Waals surface area contributed by atoms with Crippen molar-refractivity contribution >= 4 is 40.6 Å². The van der Waals surface area contributed by atoms with Crippen molar-refractivity contribution in [2.24, 2.45) is 0 Å². The van der Waals surface area contributed by atoms with Crippen molar-refractivity contribution in [3.63, 3.8) is 0 Å². The van der Waals surface area contributed by atoms with Crippen molar-refractivity contribution in [2.75, 3.05) is 27.8 Å². The zero-order chi connectivity index (χ0) is 16.2. The van der Waals surface area contributed by atoms with Crippen molar-refractivity contribution in [2.45, 2.75) is 0 Å². The summed E-state index contributed by atoms with van der Waals surface area (Å²) in [6, 6.07) is 14.5. The number of anilines is 7. The van der Waals surface area contributed by atoms with Crippen LogP contribution < -0.4 is 27.8 Å². The zero-order valence-corrected chi connectivity index (χ0v) is 12.2. The van der Waals surface area contributed by atoms with Gasteiger partial charge in [0.1, 0.15) is 0 Å². The fourth-order valence-corrected chi connectivity index (χ4v) is 2.00. The fraction of sp³-hybridized carbons (Fsp3) is 0. The third-order valence-corrected chi connectivity index (χ3v) is 2.94. The first-order valence-corrected chi connectivity index (χ1v) is 6.85. The summed E-state index contributed by atoms with van der Waals surface area (Å²) in [5.41, 5.74) is 20.0. The first-order valence-electron chi connectivity index (χ1n) is 6.85. The maximum absolute atomic E-state index is 5.75. The van der Waals surface area contributed by atoms with Crippen LogP contribution in [-0.4, -0.2) is 15.0 Å². The standard InChI is InChI=1S/C15H16N8/c16-9-3-1-5-11(7-9)19-14-21-13(18)22-15(23-14)20-12-6-2-4-10(17)8-12/h1-8H,16-17H2,(H4,18,19,20,21,22,23). The largest absolute Gasteiger partial charge is 0.399 e. The Hall–Kier alpha value is -3.55. The average molecular weight is 308 g/mol.